The van der Waals surface area contributed by atoms with Crippen molar-refractivity contribution in [1.29, 1.82) is 5.26 Å². The number of carbonyl (C=O) groups is 1. The van der Waals surface area contributed by atoms with Gasteiger partial charge in [0.15, 0.2) is 6.61 Å². The van der Waals surface area contributed by atoms with Gasteiger partial charge in [0.25, 0.3) is 5.91 Å². The van der Waals surface area contributed by atoms with Crippen LogP contribution in [0.3, 0.4) is 0 Å². The van der Waals surface area contributed by atoms with Gasteiger partial charge in [-0.1, -0.05) is 6.92 Å². The highest BCUT2D eigenvalue weighted by Gasteiger charge is 2.34. The number of nitrogens with one attached hydrogen (secondary N) is 1. The van der Waals surface area contributed by atoms with E-state index in [-0.39, 0.29) is 11.6 Å². The van der Waals surface area contributed by atoms with Gasteiger partial charge in [-0.25, -0.2) is 0 Å². The molecule has 1 unspecified atom stereocenters. The van der Waals surface area contributed by atoms with Crippen molar-refractivity contribution in [3.05, 3.63) is 29.3 Å². The van der Waals surface area contributed by atoms with E-state index in [1.807, 2.05) is 6.92 Å². The summed E-state index contributed by atoms with van der Waals surface area (Å²) in [5, 5.41) is 11.2. The Kier molecular flexibility index (Phi) is 5.59. The maximum atomic E-state index is 12.9. The van der Waals surface area contributed by atoms with E-state index in [9.17, 15) is 18.0 Å². The van der Waals surface area contributed by atoms with Crippen LogP contribution in [0.4, 0.5) is 13.2 Å². The number of carbonyl (C=O) groups excluding carboxylic acids is 1. The fourth-order valence-corrected chi connectivity index (χ4v) is 1.51. The lowest BCUT2D eigenvalue weighted by atomic mass is 10.1. The molecular formula is C14H15F3N2O2. The fourth-order valence-electron chi connectivity index (χ4n) is 1.51. The zero-order chi connectivity index (χ0) is 16.0. The second kappa shape index (κ2) is 6.97. The number of amides is 1. The lowest BCUT2D eigenvalue weighted by Gasteiger charge is -2.15. The van der Waals surface area contributed by atoms with E-state index in [0.717, 1.165) is 6.07 Å². The molecule has 0 aliphatic rings. The largest absolute Gasteiger partial charge is 0.483 e. The van der Waals surface area contributed by atoms with Crippen LogP contribution in [0.25, 0.3) is 0 Å². The zero-order valence-corrected chi connectivity index (χ0v) is 11.6. The summed E-state index contributed by atoms with van der Waals surface area (Å²) in [5.41, 5.74) is -1.20. The van der Waals surface area contributed by atoms with Gasteiger partial charge in [0.2, 0.25) is 0 Å². The molecule has 1 aromatic carbocycles. The monoisotopic (exact) mass is 300 g/mol. The molecule has 1 rings (SSSR count). The third-order valence-electron chi connectivity index (χ3n) is 2.79. The Hall–Kier alpha value is -2.23. The van der Waals surface area contributed by atoms with Gasteiger partial charge in [-0.05, 0) is 31.5 Å². The Morgan fingerprint density at radius 2 is 2.14 bits per heavy atom. The summed E-state index contributed by atoms with van der Waals surface area (Å²) in [5.74, 6) is -0.970. The summed E-state index contributed by atoms with van der Waals surface area (Å²) in [7, 11) is 0. The van der Waals surface area contributed by atoms with Gasteiger partial charge in [-0.3, -0.25) is 4.79 Å². The minimum Gasteiger partial charge on any atom is -0.483 e. The normalized spacial score (nSPS) is 12.4. The van der Waals surface area contributed by atoms with E-state index >= 15 is 0 Å². The Balaban J connectivity index is 2.84. The molecule has 0 aliphatic carbocycles. The SMILES string of the molecule is CCC(C)NC(=O)COc1ccc(C#N)cc1C(F)(F)F. The van der Waals surface area contributed by atoms with Crippen LogP contribution in [0.2, 0.25) is 0 Å². The third kappa shape index (κ3) is 4.99. The smallest absolute Gasteiger partial charge is 0.420 e. The van der Waals surface area contributed by atoms with Crippen molar-refractivity contribution in [3.8, 4) is 11.8 Å². The number of hydrogen-bond donors (Lipinski definition) is 1. The van der Waals surface area contributed by atoms with E-state index in [1.54, 1.807) is 13.0 Å². The number of nitriles is 1. The van der Waals surface area contributed by atoms with Crippen LogP contribution >= 0.6 is 0 Å². The number of halogens is 3. The van der Waals surface area contributed by atoms with Gasteiger partial charge in [0.05, 0.1) is 17.2 Å². The van der Waals surface area contributed by atoms with Gasteiger partial charge in [0.1, 0.15) is 5.75 Å². The molecule has 0 bridgehead atoms. The topological polar surface area (TPSA) is 62.1 Å². The van der Waals surface area contributed by atoms with Crippen molar-refractivity contribution < 1.29 is 22.7 Å². The Morgan fingerprint density at radius 1 is 1.48 bits per heavy atom. The van der Waals surface area contributed by atoms with Crippen LogP contribution in [-0.4, -0.2) is 18.6 Å². The molecule has 1 atom stereocenters. The Labute approximate surface area is 120 Å². The maximum absolute atomic E-state index is 12.9. The Bertz CT molecular complexity index is 550. The van der Waals surface area contributed by atoms with Gasteiger partial charge in [0, 0.05) is 6.04 Å². The molecule has 21 heavy (non-hydrogen) atoms. The fraction of sp³-hybridized carbons (Fsp3) is 0.429. The molecule has 0 saturated carbocycles. The van der Waals surface area contributed by atoms with Crippen molar-refractivity contribution in [1.82, 2.24) is 5.32 Å². The van der Waals surface area contributed by atoms with E-state index < -0.39 is 30.0 Å². The lowest BCUT2D eigenvalue weighted by molar-refractivity contribution is -0.139. The summed E-state index contributed by atoms with van der Waals surface area (Å²) in [4.78, 5) is 11.5. The second-order valence-electron chi connectivity index (χ2n) is 4.49. The highest BCUT2D eigenvalue weighted by molar-refractivity contribution is 5.77. The number of alkyl halides is 3. The van der Waals surface area contributed by atoms with Crippen molar-refractivity contribution in [3.63, 3.8) is 0 Å². The van der Waals surface area contributed by atoms with Gasteiger partial charge < -0.3 is 10.1 Å². The number of ether oxygens (including phenoxy) is 1. The predicted octanol–water partition coefficient (Wildman–Crippen LogP) is 2.87. The van der Waals surface area contributed by atoms with Crippen LogP contribution in [0.15, 0.2) is 18.2 Å². The summed E-state index contributed by atoms with van der Waals surface area (Å²) in [6.45, 7) is 3.13. The van der Waals surface area contributed by atoms with Gasteiger partial charge in [-0.2, -0.15) is 18.4 Å². The molecule has 0 saturated heterocycles. The molecule has 1 amide bonds. The molecular weight excluding hydrogens is 285 g/mol. The summed E-state index contributed by atoms with van der Waals surface area (Å²) < 4.78 is 43.5. The van der Waals surface area contributed by atoms with Crippen LogP contribution in [0, 0.1) is 11.3 Å². The molecule has 1 N–H and O–H groups in total. The number of rotatable bonds is 5. The zero-order valence-electron chi connectivity index (χ0n) is 11.6. The lowest BCUT2D eigenvalue weighted by Crippen LogP contribution is -2.35. The molecule has 4 nitrogen and oxygen atoms in total. The van der Waals surface area contributed by atoms with Gasteiger partial charge in [-0.15, -0.1) is 0 Å². The summed E-state index contributed by atoms with van der Waals surface area (Å²) in [6, 6.07) is 4.49. The van der Waals surface area contributed by atoms with Gasteiger partial charge >= 0.3 is 6.18 Å². The molecule has 7 heteroatoms. The molecule has 0 heterocycles. The average molecular weight is 300 g/mol. The summed E-state index contributed by atoms with van der Waals surface area (Å²) >= 11 is 0. The average Bonchev–Trinajstić information content (AvgIpc) is 2.43. The number of hydrogen-bond acceptors (Lipinski definition) is 3. The first-order valence-corrected chi connectivity index (χ1v) is 6.31. The van der Waals surface area contributed by atoms with E-state index in [0.29, 0.717) is 12.5 Å². The molecule has 0 spiro atoms. The standard InChI is InChI=1S/C14H15F3N2O2/c1-3-9(2)19-13(20)8-21-12-5-4-10(7-18)6-11(12)14(15,16)17/h4-6,9H,3,8H2,1-2H3,(H,19,20). The molecule has 1 aromatic rings. The van der Waals surface area contributed by atoms with E-state index in [2.05, 4.69) is 5.32 Å². The minimum absolute atomic E-state index is 0.0795. The Morgan fingerprint density at radius 3 is 2.67 bits per heavy atom. The third-order valence-corrected chi connectivity index (χ3v) is 2.79. The summed E-state index contributed by atoms with van der Waals surface area (Å²) in [6.07, 6.45) is -3.95. The van der Waals surface area contributed by atoms with Crippen molar-refractivity contribution in [2.45, 2.75) is 32.5 Å². The van der Waals surface area contributed by atoms with Crippen LogP contribution in [0.1, 0.15) is 31.4 Å². The minimum atomic E-state index is -4.66. The first-order chi connectivity index (χ1) is 9.77. The first-order valence-electron chi connectivity index (χ1n) is 6.31. The quantitative estimate of drug-likeness (QED) is 0.909. The van der Waals surface area contributed by atoms with Crippen molar-refractivity contribution >= 4 is 5.91 Å². The number of benzene rings is 1. The van der Waals surface area contributed by atoms with Crippen molar-refractivity contribution in [2.24, 2.45) is 0 Å². The van der Waals surface area contributed by atoms with Crippen LogP contribution in [0.5, 0.6) is 5.75 Å². The molecule has 0 radical (unpaired) electrons. The van der Waals surface area contributed by atoms with E-state index in [4.69, 9.17) is 10.00 Å². The molecule has 0 aromatic heterocycles. The van der Waals surface area contributed by atoms with E-state index in [1.165, 1.54) is 6.07 Å². The predicted molar refractivity (Wildman–Crippen MR) is 69.5 cm³/mol. The molecule has 0 aliphatic heterocycles. The number of nitrogens with zero attached hydrogens (tertiary/aromatic N) is 1. The molecule has 0 fully saturated rings. The maximum Gasteiger partial charge on any atom is 0.420 e. The van der Waals surface area contributed by atoms with Crippen LogP contribution < -0.4 is 10.1 Å². The first kappa shape index (κ1) is 16.8. The highest BCUT2D eigenvalue weighted by Crippen LogP contribution is 2.36. The van der Waals surface area contributed by atoms with Crippen molar-refractivity contribution in [2.75, 3.05) is 6.61 Å². The molecule has 114 valence electrons. The highest BCUT2D eigenvalue weighted by atomic mass is 19.4. The second-order valence-corrected chi connectivity index (χ2v) is 4.49. The van der Waals surface area contributed by atoms with Crippen LogP contribution in [-0.2, 0) is 11.0 Å².